The fraction of sp³-hybridized carbons (Fsp3) is 0.767. The number of ketones is 3. The van der Waals surface area contributed by atoms with E-state index in [4.69, 9.17) is 0 Å². The molecule has 0 aliphatic heterocycles. The third-order valence-corrected chi connectivity index (χ3v) is 11.1. The molecule has 4 N–H and O–H groups in total. The Morgan fingerprint density at radius 3 is 2.19 bits per heavy atom. The van der Waals surface area contributed by atoms with Crippen LogP contribution >= 0.6 is 0 Å². The van der Waals surface area contributed by atoms with Gasteiger partial charge in [0.2, 0.25) is 0 Å². The second kappa shape index (κ2) is 8.17. The predicted octanol–water partition coefficient (Wildman–Crippen LogP) is 2.93. The highest BCUT2D eigenvalue weighted by atomic mass is 16.3. The van der Waals surface area contributed by atoms with Crippen LogP contribution in [0.5, 0.6) is 0 Å². The third-order valence-electron chi connectivity index (χ3n) is 11.1. The highest BCUT2D eigenvalue weighted by molar-refractivity contribution is 5.98. The molecule has 0 radical (unpaired) electrons. The Hall–Kier alpha value is -1.67. The fourth-order valence-electron chi connectivity index (χ4n) is 9.00. The smallest absolute Gasteiger partial charge is 0.187 e. The lowest BCUT2D eigenvalue weighted by Gasteiger charge is -2.64. The van der Waals surface area contributed by atoms with E-state index < -0.39 is 56.8 Å². The number of rotatable bonds is 4. The zero-order chi connectivity index (χ0) is 28.1. The van der Waals surface area contributed by atoms with Crippen molar-refractivity contribution >= 4 is 17.3 Å². The predicted molar refractivity (Wildman–Crippen MR) is 138 cm³/mol. The summed E-state index contributed by atoms with van der Waals surface area (Å²) in [5, 5.41) is 43.7. The summed E-state index contributed by atoms with van der Waals surface area (Å²) in [7, 11) is 0. The number of Topliss-reactive ketones (excluding diaryl/α,β-unsaturated/α-hetero) is 2. The van der Waals surface area contributed by atoms with Crippen molar-refractivity contribution in [2.24, 2.45) is 39.4 Å². The third kappa shape index (κ3) is 3.71. The van der Waals surface area contributed by atoms with E-state index in [9.17, 15) is 34.8 Å². The molecule has 0 amide bonds. The van der Waals surface area contributed by atoms with E-state index in [-0.39, 0.29) is 36.2 Å². The normalized spacial score (nSPS) is 45.1. The Labute approximate surface area is 220 Å². The van der Waals surface area contributed by atoms with Crippen LogP contribution < -0.4 is 0 Å². The van der Waals surface area contributed by atoms with E-state index in [1.807, 2.05) is 27.7 Å². The molecule has 4 aliphatic rings. The minimum atomic E-state index is -1.95. The summed E-state index contributed by atoms with van der Waals surface area (Å²) in [5.41, 5.74) is -5.46. The molecule has 0 bridgehead atoms. The Balaban J connectivity index is 1.80. The average Bonchev–Trinajstić information content (AvgIpc) is 2.96. The van der Waals surface area contributed by atoms with Gasteiger partial charge in [-0.1, -0.05) is 38.5 Å². The molecule has 4 aliphatic carbocycles. The molecule has 0 aromatic carbocycles. The number of carbonyl (C=O) groups is 3. The van der Waals surface area contributed by atoms with Crippen LogP contribution in [0, 0.1) is 39.4 Å². The summed E-state index contributed by atoms with van der Waals surface area (Å²) < 4.78 is 0. The number of hydrogen-bond donors (Lipinski definition) is 4. The number of aliphatic hydroxyl groups is 4. The lowest BCUT2D eigenvalue weighted by Crippen LogP contribution is -2.65. The molecule has 7 nitrogen and oxygen atoms in total. The number of aliphatic hydroxyl groups excluding tert-OH is 2. The van der Waals surface area contributed by atoms with Crippen LogP contribution in [0.15, 0.2) is 23.8 Å². The minimum absolute atomic E-state index is 0.0141. The summed E-state index contributed by atoms with van der Waals surface area (Å²) in [5.74, 6) is -2.24. The number of hydrogen-bond acceptors (Lipinski definition) is 7. The molecule has 206 valence electrons. The van der Waals surface area contributed by atoms with Crippen molar-refractivity contribution in [1.29, 1.82) is 0 Å². The lowest BCUT2D eigenvalue weighted by molar-refractivity contribution is -0.183. The Morgan fingerprint density at radius 1 is 1.03 bits per heavy atom. The van der Waals surface area contributed by atoms with Gasteiger partial charge < -0.3 is 20.4 Å². The first-order valence-electron chi connectivity index (χ1n) is 13.5. The monoisotopic (exact) mass is 516 g/mol. The molecule has 0 aromatic heterocycles. The van der Waals surface area contributed by atoms with Gasteiger partial charge in [0.05, 0.1) is 11.7 Å². The zero-order valence-corrected chi connectivity index (χ0v) is 23.5. The molecule has 0 spiro atoms. The van der Waals surface area contributed by atoms with Crippen LogP contribution in [0.1, 0.15) is 81.1 Å². The summed E-state index contributed by atoms with van der Waals surface area (Å²) in [4.78, 5) is 40.2. The fourth-order valence-corrected chi connectivity index (χ4v) is 9.00. The van der Waals surface area contributed by atoms with E-state index in [1.165, 1.54) is 32.9 Å². The van der Waals surface area contributed by atoms with Gasteiger partial charge in [0.1, 0.15) is 17.5 Å². The molecule has 4 rings (SSSR count). The van der Waals surface area contributed by atoms with Gasteiger partial charge in [-0.2, -0.15) is 0 Å². The first-order valence-corrected chi connectivity index (χ1v) is 13.5. The van der Waals surface area contributed by atoms with Crippen LogP contribution in [0.3, 0.4) is 0 Å². The minimum Gasteiger partial charge on any atom is -0.393 e. The van der Waals surface area contributed by atoms with E-state index in [0.29, 0.717) is 12.8 Å². The van der Waals surface area contributed by atoms with Crippen molar-refractivity contribution in [1.82, 2.24) is 0 Å². The first kappa shape index (κ1) is 28.3. The molecular weight excluding hydrogens is 472 g/mol. The molecule has 2 unspecified atom stereocenters. The SMILES string of the molecule is CC(C)(O)/C=C/C(=O)C(C)(O)[C@H]1[C@H](O)C[C@@]2(C)C3CC=C4[C@@H](C[C@H](O)C(=O)C4(C)C)[C@]3(C)C(=O)C[C@]12C. The molecule has 9 atom stereocenters. The van der Waals surface area contributed by atoms with Gasteiger partial charge in [0.15, 0.2) is 11.6 Å². The first-order chi connectivity index (χ1) is 16.7. The van der Waals surface area contributed by atoms with E-state index >= 15 is 0 Å². The Kier molecular flexibility index (Phi) is 6.26. The van der Waals surface area contributed by atoms with Gasteiger partial charge in [-0.05, 0) is 82.6 Å². The molecule has 0 aromatic rings. The van der Waals surface area contributed by atoms with Crippen LogP contribution in [-0.2, 0) is 14.4 Å². The van der Waals surface area contributed by atoms with Crippen molar-refractivity contribution in [2.45, 2.75) is 104 Å². The quantitative estimate of drug-likeness (QED) is 0.334. The summed E-state index contributed by atoms with van der Waals surface area (Å²) in [6, 6.07) is 0. The van der Waals surface area contributed by atoms with E-state index in [1.54, 1.807) is 0 Å². The largest absolute Gasteiger partial charge is 0.393 e. The summed E-state index contributed by atoms with van der Waals surface area (Å²) >= 11 is 0. The van der Waals surface area contributed by atoms with Gasteiger partial charge in [0, 0.05) is 23.2 Å². The van der Waals surface area contributed by atoms with E-state index in [0.717, 1.165) is 5.57 Å². The number of fused-ring (bicyclic) bond motifs is 5. The second-order valence-electron chi connectivity index (χ2n) is 14.2. The summed E-state index contributed by atoms with van der Waals surface area (Å²) in [6.07, 6.45) is 3.54. The molecule has 0 saturated heterocycles. The maximum Gasteiger partial charge on any atom is 0.187 e. The van der Waals surface area contributed by atoms with Gasteiger partial charge in [-0.15, -0.1) is 0 Å². The van der Waals surface area contributed by atoms with Crippen LogP contribution in [0.25, 0.3) is 0 Å². The van der Waals surface area contributed by atoms with Crippen LogP contribution in [-0.4, -0.2) is 61.2 Å². The molecule has 0 heterocycles. The Bertz CT molecular complexity index is 1090. The molecule has 7 heteroatoms. The topological polar surface area (TPSA) is 132 Å². The van der Waals surface area contributed by atoms with Gasteiger partial charge in [0.25, 0.3) is 0 Å². The van der Waals surface area contributed by atoms with Gasteiger partial charge >= 0.3 is 0 Å². The lowest BCUT2D eigenvalue weighted by atomic mass is 9.38. The highest BCUT2D eigenvalue weighted by Crippen LogP contribution is 2.74. The van der Waals surface area contributed by atoms with Crippen molar-refractivity contribution in [3.05, 3.63) is 23.8 Å². The standard InChI is InChI=1S/C30H44O7/c1-25(2,36)12-11-21(33)30(8,37)23-19(32)14-27(5)20-10-9-16-17(13-18(31)24(35)26(16,3)4)29(20,7)22(34)15-28(23,27)6/h9,11-12,17-20,23,31-32,36-37H,10,13-15H2,1-8H3/b12-11+/t17-,18+,19-,20?,23+,27+,28-,29+,30?/m1/s1. The van der Waals surface area contributed by atoms with Gasteiger partial charge in [-0.3, -0.25) is 14.4 Å². The van der Waals surface area contributed by atoms with Crippen molar-refractivity contribution in [3.8, 4) is 0 Å². The number of carbonyl (C=O) groups excluding carboxylic acids is 3. The highest BCUT2D eigenvalue weighted by Gasteiger charge is 2.74. The molecule has 3 saturated carbocycles. The maximum atomic E-state index is 14.2. The van der Waals surface area contributed by atoms with Crippen LogP contribution in [0.2, 0.25) is 0 Å². The van der Waals surface area contributed by atoms with Gasteiger partial charge in [-0.25, -0.2) is 0 Å². The summed E-state index contributed by atoms with van der Waals surface area (Å²) in [6.45, 7) is 14.0. The molecule has 3 fully saturated rings. The number of allylic oxidation sites excluding steroid dienone is 2. The molecule has 37 heavy (non-hydrogen) atoms. The Morgan fingerprint density at radius 2 is 1.62 bits per heavy atom. The van der Waals surface area contributed by atoms with Crippen molar-refractivity contribution in [2.75, 3.05) is 0 Å². The van der Waals surface area contributed by atoms with E-state index in [2.05, 4.69) is 13.0 Å². The van der Waals surface area contributed by atoms with Crippen molar-refractivity contribution < 1.29 is 34.8 Å². The zero-order valence-electron chi connectivity index (χ0n) is 23.5. The second-order valence-corrected chi connectivity index (χ2v) is 14.2. The van der Waals surface area contributed by atoms with Crippen molar-refractivity contribution in [3.63, 3.8) is 0 Å². The van der Waals surface area contributed by atoms with Crippen LogP contribution in [0.4, 0.5) is 0 Å². The molecular formula is C30H44O7. The average molecular weight is 517 g/mol. The maximum absolute atomic E-state index is 14.2.